The summed E-state index contributed by atoms with van der Waals surface area (Å²) in [7, 11) is 0. The second kappa shape index (κ2) is 10.7. The van der Waals surface area contributed by atoms with Gasteiger partial charge in [0.15, 0.2) is 0 Å². The van der Waals surface area contributed by atoms with E-state index in [1.54, 1.807) is 23.5 Å². The quantitative estimate of drug-likeness (QED) is 0.523. The third kappa shape index (κ3) is 6.23. The number of rotatable bonds is 9. The van der Waals surface area contributed by atoms with E-state index in [0.29, 0.717) is 6.54 Å². The maximum atomic E-state index is 13.4. The Labute approximate surface area is 186 Å². The fraction of sp³-hybridized carbons (Fsp3) is 0.320. The van der Waals surface area contributed by atoms with Crippen LogP contribution in [0.1, 0.15) is 34.9 Å². The van der Waals surface area contributed by atoms with Gasteiger partial charge in [-0.15, -0.1) is 11.3 Å². The molecular weight excluding hydrogens is 411 g/mol. The molecule has 1 saturated heterocycles. The molecular formula is C25H27FN2O2S. The smallest absolute Gasteiger partial charge is 0.234 e. The number of hydrogen-bond acceptors (Lipinski definition) is 4. The minimum atomic E-state index is -0.297. The molecule has 2 atom stereocenters. The Kier molecular flexibility index (Phi) is 7.46. The molecule has 1 aliphatic heterocycles. The lowest BCUT2D eigenvalue weighted by atomic mass is 10.1. The Morgan fingerprint density at radius 1 is 1.13 bits per heavy atom. The predicted octanol–water partition coefficient (Wildman–Crippen LogP) is 4.77. The number of carbonyl (C=O) groups excluding carboxylic acids is 1. The maximum Gasteiger partial charge on any atom is 0.234 e. The summed E-state index contributed by atoms with van der Waals surface area (Å²) < 4.78 is 19.2. The maximum absolute atomic E-state index is 13.4. The van der Waals surface area contributed by atoms with Gasteiger partial charge in [0.05, 0.1) is 18.7 Å². The molecule has 1 aromatic heterocycles. The molecule has 0 spiro atoms. The largest absolute Gasteiger partial charge is 0.377 e. The van der Waals surface area contributed by atoms with Crippen LogP contribution < -0.4 is 5.32 Å². The van der Waals surface area contributed by atoms with Crippen molar-refractivity contribution in [3.63, 3.8) is 0 Å². The molecule has 0 aliphatic carbocycles. The Hall–Kier alpha value is -2.54. The zero-order chi connectivity index (χ0) is 21.5. The summed E-state index contributed by atoms with van der Waals surface area (Å²) in [6.07, 6.45) is 2.27. The average molecular weight is 439 g/mol. The van der Waals surface area contributed by atoms with Gasteiger partial charge >= 0.3 is 0 Å². The van der Waals surface area contributed by atoms with E-state index in [9.17, 15) is 9.18 Å². The molecule has 31 heavy (non-hydrogen) atoms. The number of amides is 1. The number of halogens is 1. The second-order valence-corrected chi connectivity index (χ2v) is 8.84. The third-order valence-corrected chi connectivity index (χ3v) is 6.38. The van der Waals surface area contributed by atoms with Crippen molar-refractivity contribution >= 4 is 17.2 Å². The standard InChI is InChI=1S/C25H27FN2O2S/c26-21-12-10-20(11-13-21)25(23-9-5-15-31-23)27-24(29)18-28(17-22-8-4-14-30-22)16-19-6-2-1-3-7-19/h1-3,5-7,9-13,15,22,25H,4,8,14,16-18H2,(H,27,29). The van der Waals surface area contributed by atoms with Crippen LogP contribution in [0.25, 0.3) is 0 Å². The van der Waals surface area contributed by atoms with Crippen LogP contribution >= 0.6 is 11.3 Å². The summed E-state index contributed by atoms with van der Waals surface area (Å²) in [5.41, 5.74) is 2.03. The number of benzene rings is 2. The van der Waals surface area contributed by atoms with Gasteiger partial charge in [0.1, 0.15) is 5.82 Å². The highest BCUT2D eigenvalue weighted by Crippen LogP contribution is 2.26. The Balaban J connectivity index is 1.47. The van der Waals surface area contributed by atoms with Crippen LogP contribution in [-0.4, -0.2) is 36.6 Å². The van der Waals surface area contributed by atoms with E-state index < -0.39 is 0 Å². The summed E-state index contributed by atoms with van der Waals surface area (Å²) >= 11 is 1.58. The molecule has 2 heterocycles. The third-order valence-electron chi connectivity index (χ3n) is 5.44. The van der Waals surface area contributed by atoms with Crippen molar-refractivity contribution in [1.29, 1.82) is 0 Å². The molecule has 162 valence electrons. The lowest BCUT2D eigenvalue weighted by molar-refractivity contribution is -0.123. The highest BCUT2D eigenvalue weighted by Gasteiger charge is 2.23. The van der Waals surface area contributed by atoms with E-state index >= 15 is 0 Å². The first kappa shape index (κ1) is 21.7. The zero-order valence-electron chi connectivity index (χ0n) is 17.4. The molecule has 3 aromatic rings. The Morgan fingerprint density at radius 3 is 2.61 bits per heavy atom. The molecule has 4 rings (SSSR count). The van der Waals surface area contributed by atoms with Crippen molar-refractivity contribution in [2.45, 2.75) is 31.5 Å². The van der Waals surface area contributed by atoms with Crippen LogP contribution in [0.4, 0.5) is 4.39 Å². The molecule has 0 saturated carbocycles. The first-order valence-electron chi connectivity index (χ1n) is 10.6. The predicted molar refractivity (Wildman–Crippen MR) is 121 cm³/mol. The van der Waals surface area contributed by atoms with Gasteiger partial charge in [0, 0.05) is 24.6 Å². The SMILES string of the molecule is O=C(CN(Cc1ccccc1)CC1CCCO1)NC(c1ccc(F)cc1)c1cccs1. The van der Waals surface area contributed by atoms with Gasteiger partial charge in [0.25, 0.3) is 0 Å². The highest BCUT2D eigenvalue weighted by atomic mass is 32.1. The van der Waals surface area contributed by atoms with E-state index in [2.05, 4.69) is 22.3 Å². The van der Waals surface area contributed by atoms with Gasteiger partial charge in [-0.1, -0.05) is 48.5 Å². The molecule has 4 nitrogen and oxygen atoms in total. The lowest BCUT2D eigenvalue weighted by Gasteiger charge is -2.26. The van der Waals surface area contributed by atoms with Gasteiger partial charge in [-0.3, -0.25) is 9.69 Å². The number of hydrogen-bond donors (Lipinski definition) is 1. The Morgan fingerprint density at radius 2 is 1.94 bits per heavy atom. The molecule has 1 aliphatic rings. The minimum absolute atomic E-state index is 0.0587. The van der Waals surface area contributed by atoms with Crippen LogP contribution in [0.15, 0.2) is 72.1 Å². The number of nitrogens with zero attached hydrogens (tertiary/aromatic N) is 1. The molecule has 0 bridgehead atoms. The van der Waals surface area contributed by atoms with Crippen LogP contribution in [-0.2, 0) is 16.1 Å². The zero-order valence-corrected chi connectivity index (χ0v) is 18.2. The van der Waals surface area contributed by atoms with Gasteiger partial charge in [-0.2, -0.15) is 0 Å². The first-order chi connectivity index (χ1) is 15.2. The first-order valence-corrected chi connectivity index (χ1v) is 11.5. The summed E-state index contributed by atoms with van der Waals surface area (Å²) in [6, 6.07) is 20.2. The van der Waals surface area contributed by atoms with Crippen LogP contribution in [0.5, 0.6) is 0 Å². The molecule has 6 heteroatoms. The van der Waals surface area contributed by atoms with Crippen molar-refractivity contribution in [3.8, 4) is 0 Å². The van der Waals surface area contributed by atoms with Gasteiger partial charge in [0.2, 0.25) is 5.91 Å². The van der Waals surface area contributed by atoms with Crippen molar-refractivity contribution < 1.29 is 13.9 Å². The summed E-state index contributed by atoms with van der Waals surface area (Å²) in [6.45, 7) is 2.48. The fourth-order valence-corrected chi connectivity index (χ4v) is 4.74. The number of nitrogens with one attached hydrogen (secondary N) is 1. The number of thiophene rings is 1. The van der Waals surface area contributed by atoms with Gasteiger partial charge in [-0.05, 0) is 47.5 Å². The molecule has 1 fully saturated rings. The van der Waals surface area contributed by atoms with E-state index in [4.69, 9.17) is 4.74 Å². The van der Waals surface area contributed by atoms with Crippen molar-refractivity contribution in [2.75, 3.05) is 19.7 Å². The van der Waals surface area contributed by atoms with Crippen LogP contribution in [0.2, 0.25) is 0 Å². The van der Waals surface area contributed by atoms with E-state index in [1.165, 1.54) is 17.7 Å². The van der Waals surface area contributed by atoms with Gasteiger partial charge in [-0.25, -0.2) is 4.39 Å². The van der Waals surface area contributed by atoms with Crippen LogP contribution in [0, 0.1) is 5.82 Å². The normalized spacial score (nSPS) is 17.0. The Bertz CT molecular complexity index is 941. The van der Waals surface area contributed by atoms with Crippen LogP contribution in [0.3, 0.4) is 0 Å². The molecule has 2 unspecified atom stereocenters. The van der Waals surface area contributed by atoms with Crippen molar-refractivity contribution in [2.24, 2.45) is 0 Å². The van der Waals surface area contributed by atoms with E-state index in [1.807, 2.05) is 35.7 Å². The van der Waals surface area contributed by atoms with Crippen molar-refractivity contribution in [1.82, 2.24) is 10.2 Å². The molecule has 0 radical (unpaired) electrons. The minimum Gasteiger partial charge on any atom is -0.377 e. The van der Waals surface area contributed by atoms with E-state index in [0.717, 1.165) is 36.4 Å². The van der Waals surface area contributed by atoms with Gasteiger partial charge < -0.3 is 10.1 Å². The second-order valence-electron chi connectivity index (χ2n) is 7.86. The summed E-state index contributed by atoms with van der Waals surface area (Å²) in [4.78, 5) is 16.3. The average Bonchev–Trinajstić information content (AvgIpc) is 3.48. The fourth-order valence-electron chi connectivity index (χ4n) is 3.94. The molecule has 2 aromatic carbocycles. The van der Waals surface area contributed by atoms with E-state index in [-0.39, 0.29) is 30.4 Å². The number of ether oxygens (including phenoxy) is 1. The summed E-state index contributed by atoms with van der Waals surface area (Å²) in [5, 5.41) is 5.15. The summed E-state index contributed by atoms with van der Waals surface area (Å²) in [5.74, 6) is -0.345. The molecule has 1 N–H and O–H groups in total. The molecule has 1 amide bonds. The number of carbonyl (C=O) groups is 1. The highest BCUT2D eigenvalue weighted by molar-refractivity contribution is 7.10. The topological polar surface area (TPSA) is 41.6 Å². The monoisotopic (exact) mass is 438 g/mol. The lowest BCUT2D eigenvalue weighted by Crippen LogP contribution is -2.41. The van der Waals surface area contributed by atoms with Crippen molar-refractivity contribution in [3.05, 3.63) is 93.9 Å².